The molecule has 0 saturated carbocycles. The predicted molar refractivity (Wildman–Crippen MR) is 92.0 cm³/mol. The van der Waals surface area contributed by atoms with E-state index in [1.54, 1.807) is 0 Å². The van der Waals surface area contributed by atoms with E-state index in [-0.39, 0.29) is 0 Å². The van der Waals surface area contributed by atoms with Crippen LogP contribution in [-0.4, -0.2) is 24.5 Å². The molecule has 0 amide bonds. The van der Waals surface area contributed by atoms with E-state index in [4.69, 9.17) is 11.6 Å². The molecule has 19 heavy (non-hydrogen) atoms. The molecule has 1 aromatic carbocycles. The van der Waals surface area contributed by atoms with Crippen LogP contribution in [0.1, 0.15) is 37.2 Å². The summed E-state index contributed by atoms with van der Waals surface area (Å²) < 4.78 is 1.97. The van der Waals surface area contributed by atoms with Gasteiger partial charge >= 0.3 is 0 Å². The minimum Gasteiger partial charge on any atom is -0.303 e. The SMILES string of the molecule is Cl/C(=C/I)CCCN1CCC(c2ccccc2)CC1. The molecule has 1 aliphatic heterocycles. The summed E-state index contributed by atoms with van der Waals surface area (Å²) in [4.78, 5) is 2.58. The third kappa shape index (κ3) is 5.09. The van der Waals surface area contributed by atoms with Gasteiger partial charge in [0.25, 0.3) is 0 Å². The minimum atomic E-state index is 0.760. The molecular formula is C16H21ClIN. The average molecular weight is 390 g/mol. The number of halogens is 2. The molecule has 0 unspecified atom stereocenters. The van der Waals surface area contributed by atoms with Crippen LogP contribution < -0.4 is 0 Å². The first-order valence-corrected chi connectivity index (χ1v) is 8.64. The Kier molecular flexibility index (Phi) is 6.68. The molecule has 1 fully saturated rings. The van der Waals surface area contributed by atoms with Crippen molar-refractivity contribution in [3.8, 4) is 0 Å². The van der Waals surface area contributed by atoms with Crippen LogP contribution in [0.3, 0.4) is 0 Å². The highest BCUT2D eigenvalue weighted by Crippen LogP contribution is 2.27. The molecule has 0 atom stereocenters. The fraction of sp³-hybridized carbons (Fsp3) is 0.500. The van der Waals surface area contributed by atoms with Gasteiger partial charge in [-0.25, -0.2) is 0 Å². The number of hydrogen-bond donors (Lipinski definition) is 0. The summed E-state index contributed by atoms with van der Waals surface area (Å²) in [5.74, 6) is 0.760. The molecule has 2 rings (SSSR count). The molecule has 0 aromatic heterocycles. The van der Waals surface area contributed by atoms with Crippen LogP contribution in [0.5, 0.6) is 0 Å². The largest absolute Gasteiger partial charge is 0.303 e. The standard InChI is InChI=1S/C16H21ClIN/c17-16(13-18)7-4-10-19-11-8-15(9-12-19)14-5-2-1-3-6-14/h1-3,5-6,13,15H,4,7-12H2/b16-13+. The second-order valence-electron chi connectivity index (χ2n) is 5.19. The lowest BCUT2D eigenvalue weighted by molar-refractivity contribution is 0.210. The monoisotopic (exact) mass is 389 g/mol. The Morgan fingerprint density at radius 3 is 2.58 bits per heavy atom. The molecule has 1 nitrogen and oxygen atoms in total. The van der Waals surface area contributed by atoms with Crippen molar-refractivity contribution in [3.05, 3.63) is 45.0 Å². The minimum absolute atomic E-state index is 0.760. The zero-order valence-corrected chi connectivity index (χ0v) is 14.1. The van der Waals surface area contributed by atoms with E-state index in [0.717, 1.165) is 17.4 Å². The summed E-state index contributed by atoms with van der Waals surface area (Å²) in [5, 5.41) is 0.986. The predicted octanol–water partition coefficient (Wildman–Crippen LogP) is 5.16. The molecule has 0 bridgehead atoms. The third-order valence-corrected chi connectivity index (χ3v) is 5.28. The van der Waals surface area contributed by atoms with Crippen molar-refractivity contribution in [1.29, 1.82) is 0 Å². The lowest BCUT2D eigenvalue weighted by atomic mass is 9.89. The lowest BCUT2D eigenvalue weighted by Gasteiger charge is -2.32. The second-order valence-corrected chi connectivity index (χ2v) is 6.29. The van der Waals surface area contributed by atoms with E-state index < -0.39 is 0 Å². The van der Waals surface area contributed by atoms with Gasteiger partial charge in [-0.15, -0.1) is 0 Å². The van der Waals surface area contributed by atoms with Crippen LogP contribution in [-0.2, 0) is 0 Å². The number of rotatable bonds is 5. The Morgan fingerprint density at radius 2 is 1.95 bits per heavy atom. The number of allylic oxidation sites excluding steroid dienone is 1. The van der Waals surface area contributed by atoms with E-state index in [2.05, 4.69) is 57.8 Å². The van der Waals surface area contributed by atoms with Gasteiger partial charge in [-0.05, 0) is 60.9 Å². The summed E-state index contributed by atoms with van der Waals surface area (Å²) in [6.45, 7) is 3.64. The summed E-state index contributed by atoms with van der Waals surface area (Å²) >= 11 is 8.23. The second kappa shape index (κ2) is 8.28. The fourth-order valence-electron chi connectivity index (χ4n) is 2.74. The maximum absolute atomic E-state index is 6.02. The van der Waals surface area contributed by atoms with Crippen molar-refractivity contribution in [2.24, 2.45) is 0 Å². The first-order valence-electron chi connectivity index (χ1n) is 7.01. The first-order chi connectivity index (χ1) is 9.29. The van der Waals surface area contributed by atoms with Gasteiger partial charge in [0, 0.05) is 5.03 Å². The van der Waals surface area contributed by atoms with Crippen LogP contribution in [0.4, 0.5) is 0 Å². The average Bonchev–Trinajstić information content (AvgIpc) is 2.48. The molecule has 1 saturated heterocycles. The molecule has 0 spiro atoms. The van der Waals surface area contributed by atoms with E-state index in [0.29, 0.717) is 0 Å². The topological polar surface area (TPSA) is 3.24 Å². The zero-order chi connectivity index (χ0) is 13.5. The highest BCUT2D eigenvalue weighted by molar-refractivity contribution is 14.1. The van der Waals surface area contributed by atoms with E-state index >= 15 is 0 Å². The van der Waals surface area contributed by atoms with Gasteiger partial charge in [-0.3, -0.25) is 0 Å². The summed E-state index contributed by atoms with van der Waals surface area (Å²) in [7, 11) is 0. The van der Waals surface area contributed by atoms with Crippen molar-refractivity contribution in [2.45, 2.75) is 31.6 Å². The molecule has 0 aliphatic carbocycles. The van der Waals surface area contributed by atoms with Gasteiger partial charge in [0.1, 0.15) is 0 Å². The van der Waals surface area contributed by atoms with Crippen LogP contribution in [0.25, 0.3) is 0 Å². The quantitative estimate of drug-likeness (QED) is 0.629. The maximum Gasteiger partial charge on any atom is 0.0242 e. The van der Waals surface area contributed by atoms with E-state index in [1.165, 1.54) is 44.5 Å². The number of nitrogens with zero attached hydrogens (tertiary/aromatic N) is 1. The Morgan fingerprint density at radius 1 is 1.26 bits per heavy atom. The molecular weight excluding hydrogens is 369 g/mol. The summed E-state index contributed by atoms with van der Waals surface area (Å²) in [6.07, 6.45) is 4.77. The molecule has 0 N–H and O–H groups in total. The molecule has 1 heterocycles. The van der Waals surface area contributed by atoms with Crippen molar-refractivity contribution < 1.29 is 0 Å². The molecule has 0 radical (unpaired) electrons. The van der Waals surface area contributed by atoms with Gasteiger partial charge < -0.3 is 4.90 Å². The molecule has 1 aromatic rings. The van der Waals surface area contributed by atoms with Crippen molar-refractivity contribution in [1.82, 2.24) is 4.90 Å². The Balaban J connectivity index is 1.71. The fourth-order valence-corrected chi connectivity index (χ4v) is 3.19. The van der Waals surface area contributed by atoms with Crippen molar-refractivity contribution in [2.75, 3.05) is 19.6 Å². The van der Waals surface area contributed by atoms with Crippen molar-refractivity contribution in [3.63, 3.8) is 0 Å². The first kappa shape index (κ1) is 15.3. The molecule has 1 aliphatic rings. The van der Waals surface area contributed by atoms with Gasteiger partial charge in [0.2, 0.25) is 0 Å². The van der Waals surface area contributed by atoms with Gasteiger partial charge in [-0.2, -0.15) is 0 Å². The van der Waals surface area contributed by atoms with E-state index in [9.17, 15) is 0 Å². The summed E-state index contributed by atoms with van der Waals surface area (Å²) in [6, 6.07) is 10.9. The Hall–Kier alpha value is -0.0600. The number of likely N-dealkylation sites (tertiary alicyclic amines) is 1. The van der Waals surface area contributed by atoms with Crippen LogP contribution in [0, 0.1) is 0 Å². The molecule has 3 heteroatoms. The maximum atomic E-state index is 6.02. The normalized spacial score (nSPS) is 18.7. The van der Waals surface area contributed by atoms with Gasteiger partial charge in [0.15, 0.2) is 0 Å². The number of hydrogen-bond acceptors (Lipinski definition) is 1. The van der Waals surface area contributed by atoms with Gasteiger partial charge in [0.05, 0.1) is 0 Å². The lowest BCUT2D eigenvalue weighted by Crippen LogP contribution is -2.33. The Bertz CT molecular complexity index is 396. The van der Waals surface area contributed by atoms with Crippen molar-refractivity contribution >= 4 is 34.2 Å². The van der Waals surface area contributed by atoms with Gasteiger partial charge in [-0.1, -0.05) is 64.5 Å². The summed E-state index contributed by atoms with van der Waals surface area (Å²) in [5.41, 5.74) is 1.51. The number of piperidine rings is 1. The van der Waals surface area contributed by atoms with Crippen LogP contribution in [0.15, 0.2) is 39.4 Å². The smallest absolute Gasteiger partial charge is 0.0242 e. The molecule has 104 valence electrons. The highest BCUT2D eigenvalue weighted by atomic mass is 127. The number of benzene rings is 1. The van der Waals surface area contributed by atoms with Crippen LogP contribution >= 0.6 is 34.2 Å². The highest BCUT2D eigenvalue weighted by Gasteiger charge is 2.19. The Labute approximate surface area is 135 Å². The van der Waals surface area contributed by atoms with E-state index in [1.807, 2.05) is 4.08 Å². The van der Waals surface area contributed by atoms with Crippen LogP contribution in [0.2, 0.25) is 0 Å². The zero-order valence-electron chi connectivity index (χ0n) is 11.2. The third-order valence-electron chi connectivity index (χ3n) is 3.87.